The van der Waals surface area contributed by atoms with Crippen LogP contribution in [0.15, 0.2) is 42.5 Å². The number of allylic oxidation sites excluding steroid dienone is 2. The number of carbonyl (C=O) groups excluding carboxylic acids is 4. The smallest absolute Gasteiger partial charge is 0.408 e. The molecule has 4 amide bonds. The minimum atomic E-state index is -4.00. The van der Waals surface area contributed by atoms with Crippen LogP contribution in [-0.4, -0.2) is 114 Å². The predicted molar refractivity (Wildman–Crippen MR) is 236 cm³/mol. The number of para-hydroxylation sites is 1. The van der Waals surface area contributed by atoms with Gasteiger partial charge in [-0.1, -0.05) is 43.2 Å². The van der Waals surface area contributed by atoms with E-state index in [9.17, 15) is 27.6 Å². The number of carbonyl (C=O) groups is 4. The molecule has 3 saturated carbocycles. The molecular formula is C47H62N6O9S. The molecule has 2 saturated heterocycles. The highest BCUT2D eigenvalue weighted by atomic mass is 32.2. The molecule has 63 heavy (non-hydrogen) atoms. The maximum absolute atomic E-state index is 14.8. The summed E-state index contributed by atoms with van der Waals surface area (Å²) in [6, 6.07) is 5.70. The number of ether oxygens (including phenoxy) is 3. The molecule has 5 fully saturated rings. The molecule has 3 N–H and O–H groups in total. The molecule has 0 unspecified atom stereocenters. The summed E-state index contributed by atoms with van der Waals surface area (Å²) >= 11 is 0. The normalized spacial score (nSPS) is 32.1. The van der Waals surface area contributed by atoms with Crippen molar-refractivity contribution < 1.29 is 41.8 Å². The molecule has 5 heterocycles. The van der Waals surface area contributed by atoms with Gasteiger partial charge in [0.1, 0.15) is 35.6 Å². The Labute approximate surface area is 370 Å². The van der Waals surface area contributed by atoms with E-state index in [1.54, 1.807) is 6.92 Å². The lowest BCUT2D eigenvalue weighted by Crippen LogP contribution is -2.58. The fourth-order valence-corrected chi connectivity index (χ4v) is 11.1. The Hall–Kier alpha value is -4.70. The summed E-state index contributed by atoms with van der Waals surface area (Å²) in [5.41, 5.74) is -0.156. The van der Waals surface area contributed by atoms with E-state index in [1.165, 1.54) is 17.7 Å². The molecule has 7 atom stereocenters. The Kier molecular flexibility index (Phi) is 12.5. The lowest BCUT2D eigenvalue weighted by atomic mass is 10.0. The van der Waals surface area contributed by atoms with Gasteiger partial charge >= 0.3 is 6.09 Å². The minimum Gasteiger partial charge on any atom is -0.492 e. The van der Waals surface area contributed by atoms with E-state index < -0.39 is 68.2 Å². The second-order valence-electron chi connectivity index (χ2n) is 19.1. The van der Waals surface area contributed by atoms with Gasteiger partial charge in [-0.3, -0.25) is 19.1 Å². The molecule has 15 nitrogen and oxygen atoms in total. The molecule has 16 heteroatoms. The zero-order chi connectivity index (χ0) is 43.8. The Morgan fingerprint density at radius 1 is 0.984 bits per heavy atom. The van der Waals surface area contributed by atoms with Gasteiger partial charge in [-0.2, -0.15) is 0 Å². The second kappa shape index (κ2) is 18.1. The SMILES string of the molecule is CC1(S(=O)(=O)NC(=O)[C@@]23C[C@H]2/C=C\CCCCC[C@@H]2NC(=O)O[C@@H]4C[C@H]4CCC/C=C/c4c(nc5ccccc5c4OCCCN4CCCC4)O[C@@H]4C[C@@H](C(=O)N3)N(C4)C2=O)CC1. The first-order valence-corrected chi connectivity index (χ1v) is 24.9. The van der Waals surface area contributed by atoms with Crippen molar-refractivity contribution in [1.29, 1.82) is 0 Å². The molecular weight excluding hydrogens is 825 g/mol. The summed E-state index contributed by atoms with van der Waals surface area (Å²) in [6.07, 6.45) is 17.4. The standard InChI is InChI=1S/C47H62N6O9S/c1-46(21-22-46)63(58,59)51-44(56)47-29-32(47)16-7-3-2-4-9-20-37-43(55)53-30-33(28-38(53)41(54)50-47)61-42-35(18-8-5-6-15-31-27-39(31)62-45(57)49-37)40(34-17-10-11-19-36(34)48-42)60-26-14-25-52-23-12-13-24-52/h7-8,10-11,16-19,31-33,37-39H,2-6,9,12-15,20-30H2,1H3,(H,49,57)(H,50,54)(H,51,56)/b16-7-,18-8+/t31-,32-,33-,37+,38+,39-,47-/m1/s1. The van der Waals surface area contributed by atoms with Crippen LogP contribution < -0.4 is 24.8 Å². The topological polar surface area (TPSA) is 186 Å². The van der Waals surface area contributed by atoms with E-state index in [4.69, 9.17) is 19.2 Å². The molecule has 4 aliphatic heterocycles. The number of amides is 4. The number of rotatable bonds is 8. The zero-order valence-corrected chi connectivity index (χ0v) is 37.2. The lowest BCUT2D eigenvalue weighted by molar-refractivity contribution is -0.141. The molecule has 1 aromatic heterocycles. The van der Waals surface area contributed by atoms with E-state index in [2.05, 4.69) is 26.3 Å². The number of nitrogens with zero attached hydrogens (tertiary/aromatic N) is 3. The first-order valence-electron chi connectivity index (χ1n) is 23.4. The maximum atomic E-state index is 14.8. The number of hydrogen-bond acceptors (Lipinski definition) is 11. The third-order valence-corrected chi connectivity index (χ3v) is 16.5. The zero-order valence-electron chi connectivity index (χ0n) is 36.4. The van der Waals surface area contributed by atoms with Gasteiger partial charge < -0.3 is 34.6 Å². The van der Waals surface area contributed by atoms with Crippen LogP contribution in [0.2, 0.25) is 0 Å². The van der Waals surface area contributed by atoms with Gasteiger partial charge in [0, 0.05) is 24.3 Å². The highest BCUT2D eigenvalue weighted by Crippen LogP contribution is 2.48. The van der Waals surface area contributed by atoms with Crippen LogP contribution in [0.4, 0.5) is 4.79 Å². The monoisotopic (exact) mass is 886 g/mol. The minimum absolute atomic E-state index is 0.00616. The van der Waals surface area contributed by atoms with Gasteiger partial charge in [0.05, 0.1) is 29.0 Å². The van der Waals surface area contributed by atoms with Crippen LogP contribution in [-0.2, 0) is 29.1 Å². The molecule has 0 spiro atoms. The summed E-state index contributed by atoms with van der Waals surface area (Å²) in [6.45, 7) is 5.27. The Balaban J connectivity index is 1.05. The maximum Gasteiger partial charge on any atom is 0.408 e. The second-order valence-corrected chi connectivity index (χ2v) is 21.3. The van der Waals surface area contributed by atoms with Crippen molar-refractivity contribution in [2.75, 3.05) is 32.8 Å². The van der Waals surface area contributed by atoms with Gasteiger partial charge in [-0.15, -0.1) is 0 Å². The Bertz CT molecular complexity index is 2260. The van der Waals surface area contributed by atoms with E-state index in [-0.39, 0.29) is 31.4 Å². The third kappa shape index (κ3) is 9.57. The predicted octanol–water partition coefficient (Wildman–Crippen LogP) is 5.52. The number of aromatic nitrogens is 1. The van der Waals surface area contributed by atoms with E-state index in [1.807, 2.05) is 42.5 Å². The molecule has 0 radical (unpaired) electrons. The van der Waals surface area contributed by atoms with Crippen molar-refractivity contribution in [2.45, 2.75) is 144 Å². The van der Waals surface area contributed by atoms with E-state index in [0.717, 1.165) is 70.0 Å². The van der Waals surface area contributed by atoms with Crippen LogP contribution in [0.3, 0.4) is 0 Å². The summed E-state index contributed by atoms with van der Waals surface area (Å²) < 4.78 is 47.2. The summed E-state index contributed by atoms with van der Waals surface area (Å²) in [5, 5.41) is 6.67. The third-order valence-electron chi connectivity index (χ3n) is 14.3. The Morgan fingerprint density at radius 3 is 2.62 bits per heavy atom. The van der Waals surface area contributed by atoms with Gasteiger partial charge in [0.2, 0.25) is 27.7 Å². The molecule has 9 rings (SSSR count). The number of alkyl carbamates (subject to hydrolysis) is 1. The summed E-state index contributed by atoms with van der Waals surface area (Å²) in [7, 11) is -4.00. The van der Waals surface area contributed by atoms with Crippen LogP contribution in [0.5, 0.6) is 11.6 Å². The number of pyridine rings is 1. The van der Waals surface area contributed by atoms with Crippen molar-refractivity contribution in [3.63, 3.8) is 0 Å². The van der Waals surface area contributed by atoms with Crippen LogP contribution in [0.25, 0.3) is 17.0 Å². The van der Waals surface area contributed by atoms with Crippen molar-refractivity contribution >= 4 is 50.8 Å². The Morgan fingerprint density at radius 2 is 1.79 bits per heavy atom. The highest BCUT2D eigenvalue weighted by Gasteiger charge is 2.63. The average molecular weight is 887 g/mol. The first-order chi connectivity index (χ1) is 30.4. The molecule has 2 aromatic rings. The molecule has 1 aromatic carbocycles. The van der Waals surface area contributed by atoms with E-state index >= 15 is 0 Å². The highest BCUT2D eigenvalue weighted by molar-refractivity contribution is 7.91. The number of likely N-dealkylation sites (tertiary alicyclic amines) is 1. The largest absolute Gasteiger partial charge is 0.492 e. The van der Waals surface area contributed by atoms with Crippen molar-refractivity contribution in [1.82, 2.24) is 30.1 Å². The van der Waals surface area contributed by atoms with Gasteiger partial charge in [-0.25, -0.2) is 18.2 Å². The van der Waals surface area contributed by atoms with Crippen molar-refractivity contribution in [3.05, 3.63) is 48.1 Å². The number of sulfonamides is 1. The van der Waals surface area contributed by atoms with E-state index in [0.29, 0.717) is 61.4 Å². The molecule has 340 valence electrons. The molecule has 3 aliphatic carbocycles. The summed E-state index contributed by atoms with van der Waals surface area (Å²) in [5.74, 6) is -1.05. The number of hydrogen-bond donors (Lipinski definition) is 3. The van der Waals surface area contributed by atoms with Gasteiger partial charge in [0.15, 0.2) is 0 Å². The van der Waals surface area contributed by atoms with Crippen LogP contribution in [0, 0.1) is 11.8 Å². The number of fused-ring (bicyclic) bond motifs is 6. The molecule has 7 aliphatic rings. The van der Waals surface area contributed by atoms with Gasteiger partial charge in [-0.05, 0) is 128 Å². The van der Waals surface area contributed by atoms with Gasteiger partial charge in [0.25, 0.3) is 5.91 Å². The van der Waals surface area contributed by atoms with Crippen molar-refractivity contribution in [2.24, 2.45) is 11.8 Å². The fourth-order valence-electron chi connectivity index (χ4n) is 9.82. The fraction of sp³-hybridized carbons (Fsp3) is 0.638. The quantitative estimate of drug-likeness (QED) is 0.224. The summed E-state index contributed by atoms with van der Waals surface area (Å²) in [4.78, 5) is 65.9. The van der Waals surface area contributed by atoms with Crippen molar-refractivity contribution in [3.8, 4) is 11.6 Å². The number of nitrogens with one attached hydrogen (secondary N) is 3. The first kappa shape index (κ1) is 43.5. The average Bonchev–Trinajstić information content (AvgIpc) is 4.20. The number of benzene rings is 1. The van der Waals surface area contributed by atoms with Crippen LogP contribution in [0.1, 0.15) is 115 Å². The lowest BCUT2D eigenvalue weighted by Gasteiger charge is -2.30. The molecule has 3 bridgehead atoms. The van der Waals surface area contributed by atoms with Crippen LogP contribution >= 0.6 is 0 Å².